The van der Waals surface area contributed by atoms with Gasteiger partial charge in [-0.2, -0.15) is 0 Å². The topological polar surface area (TPSA) is 47.6 Å². The second-order valence-corrected chi connectivity index (χ2v) is 3.61. The summed E-state index contributed by atoms with van der Waals surface area (Å²) in [6.07, 6.45) is 0. The Hall–Kier alpha value is -1.39. The lowest BCUT2D eigenvalue weighted by Gasteiger charge is -2.08. The van der Waals surface area contributed by atoms with Crippen LogP contribution in [-0.4, -0.2) is 32.3 Å². The third-order valence-electron chi connectivity index (χ3n) is 2.23. The van der Waals surface area contributed by atoms with E-state index in [2.05, 4.69) is 5.32 Å². The third kappa shape index (κ3) is 5.47. The van der Waals surface area contributed by atoms with Crippen molar-refractivity contribution >= 4 is 11.6 Å². The Morgan fingerprint density at radius 2 is 1.94 bits per heavy atom. The van der Waals surface area contributed by atoms with Crippen LogP contribution in [0, 0.1) is 6.92 Å². The maximum absolute atomic E-state index is 11.5. The summed E-state index contributed by atoms with van der Waals surface area (Å²) >= 11 is 0. The van der Waals surface area contributed by atoms with Crippen LogP contribution in [-0.2, 0) is 14.3 Å². The summed E-state index contributed by atoms with van der Waals surface area (Å²) in [6, 6.07) is 7.64. The van der Waals surface area contributed by atoms with Crippen LogP contribution >= 0.6 is 0 Å². The Kier molecular flexibility index (Phi) is 6.29. The second-order valence-electron chi connectivity index (χ2n) is 3.61. The number of benzene rings is 1. The summed E-state index contributed by atoms with van der Waals surface area (Å²) in [5.74, 6) is -0.143. The van der Waals surface area contributed by atoms with Crippen molar-refractivity contribution in [1.82, 2.24) is 0 Å². The van der Waals surface area contributed by atoms with E-state index in [9.17, 15) is 4.79 Å². The van der Waals surface area contributed by atoms with Crippen molar-refractivity contribution < 1.29 is 14.3 Å². The van der Waals surface area contributed by atoms with Crippen LogP contribution in [0.2, 0.25) is 0 Å². The van der Waals surface area contributed by atoms with Crippen molar-refractivity contribution in [2.24, 2.45) is 0 Å². The number of carbonyl (C=O) groups excluding carboxylic acids is 1. The lowest BCUT2D eigenvalue weighted by atomic mass is 10.2. The zero-order chi connectivity index (χ0) is 12.5. The van der Waals surface area contributed by atoms with Gasteiger partial charge in [0.25, 0.3) is 0 Å². The van der Waals surface area contributed by atoms with Crippen LogP contribution in [0.1, 0.15) is 12.5 Å². The summed E-state index contributed by atoms with van der Waals surface area (Å²) < 4.78 is 10.3. The molecular formula is C13H19NO3. The van der Waals surface area contributed by atoms with Gasteiger partial charge in [-0.25, -0.2) is 0 Å². The number of aryl methyl sites for hydroxylation is 1. The summed E-state index contributed by atoms with van der Waals surface area (Å²) in [4.78, 5) is 11.5. The van der Waals surface area contributed by atoms with Crippen LogP contribution < -0.4 is 5.32 Å². The van der Waals surface area contributed by atoms with Crippen molar-refractivity contribution in [2.75, 3.05) is 31.7 Å². The molecule has 0 heterocycles. The maximum Gasteiger partial charge on any atom is 0.250 e. The molecule has 0 aromatic heterocycles. The molecule has 0 atom stereocenters. The highest BCUT2D eigenvalue weighted by Crippen LogP contribution is 2.12. The van der Waals surface area contributed by atoms with Crippen LogP contribution in [0.3, 0.4) is 0 Å². The fourth-order valence-corrected chi connectivity index (χ4v) is 1.33. The Labute approximate surface area is 102 Å². The number of ether oxygens (including phenoxy) is 2. The molecule has 0 fully saturated rings. The number of carbonyl (C=O) groups is 1. The molecule has 0 bridgehead atoms. The Bertz CT molecular complexity index is 352. The van der Waals surface area contributed by atoms with E-state index in [0.29, 0.717) is 19.8 Å². The molecule has 0 aliphatic rings. The molecule has 0 unspecified atom stereocenters. The molecule has 1 aromatic rings. The monoisotopic (exact) mass is 237 g/mol. The van der Waals surface area contributed by atoms with Gasteiger partial charge in [-0.3, -0.25) is 4.79 Å². The van der Waals surface area contributed by atoms with E-state index in [4.69, 9.17) is 9.47 Å². The first-order valence-corrected chi connectivity index (χ1v) is 5.75. The summed E-state index contributed by atoms with van der Waals surface area (Å²) in [7, 11) is 0. The minimum atomic E-state index is -0.143. The van der Waals surface area contributed by atoms with Crippen LogP contribution in [0.25, 0.3) is 0 Å². The molecule has 94 valence electrons. The first-order chi connectivity index (χ1) is 8.24. The van der Waals surface area contributed by atoms with Gasteiger partial charge in [0.05, 0.1) is 13.2 Å². The molecule has 0 aliphatic heterocycles. The van der Waals surface area contributed by atoms with E-state index in [1.54, 1.807) is 0 Å². The molecule has 4 heteroatoms. The van der Waals surface area contributed by atoms with E-state index in [1.165, 1.54) is 0 Å². The highest BCUT2D eigenvalue weighted by Gasteiger charge is 2.03. The number of nitrogens with one attached hydrogen (secondary N) is 1. The average Bonchev–Trinajstić information content (AvgIpc) is 2.32. The molecule has 0 saturated heterocycles. The van der Waals surface area contributed by atoms with E-state index < -0.39 is 0 Å². The first-order valence-electron chi connectivity index (χ1n) is 5.75. The predicted octanol–water partition coefficient (Wildman–Crippen LogP) is 1.99. The van der Waals surface area contributed by atoms with E-state index in [0.717, 1.165) is 11.3 Å². The van der Waals surface area contributed by atoms with Crippen LogP contribution in [0.4, 0.5) is 5.69 Å². The number of hydrogen-bond acceptors (Lipinski definition) is 3. The minimum Gasteiger partial charge on any atom is -0.379 e. The number of rotatable bonds is 7. The van der Waals surface area contributed by atoms with Gasteiger partial charge in [0.2, 0.25) is 5.91 Å². The van der Waals surface area contributed by atoms with Gasteiger partial charge in [0.1, 0.15) is 6.61 Å². The van der Waals surface area contributed by atoms with E-state index in [1.807, 2.05) is 38.1 Å². The Morgan fingerprint density at radius 1 is 1.24 bits per heavy atom. The number of hydrogen-bond donors (Lipinski definition) is 1. The maximum atomic E-state index is 11.5. The fourth-order valence-electron chi connectivity index (χ4n) is 1.33. The third-order valence-corrected chi connectivity index (χ3v) is 2.23. The molecule has 1 N–H and O–H groups in total. The smallest absolute Gasteiger partial charge is 0.250 e. The lowest BCUT2D eigenvalue weighted by Crippen LogP contribution is -2.20. The van der Waals surface area contributed by atoms with Crippen LogP contribution in [0.5, 0.6) is 0 Å². The first kappa shape index (κ1) is 13.7. The van der Waals surface area contributed by atoms with Gasteiger partial charge < -0.3 is 14.8 Å². The molecule has 1 rings (SSSR count). The average molecular weight is 237 g/mol. The van der Waals surface area contributed by atoms with Gasteiger partial charge in [-0.1, -0.05) is 18.2 Å². The number of para-hydroxylation sites is 1. The van der Waals surface area contributed by atoms with Crippen molar-refractivity contribution in [1.29, 1.82) is 0 Å². The molecule has 0 spiro atoms. The van der Waals surface area contributed by atoms with Gasteiger partial charge in [-0.05, 0) is 25.5 Å². The molecule has 0 saturated carbocycles. The van der Waals surface area contributed by atoms with Gasteiger partial charge >= 0.3 is 0 Å². The normalized spacial score (nSPS) is 10.2. The molecule has 17 heavy (non-hydrogen) atoms. The van der Waals surface area contributed by atoms with Gasteiger partial charge in [-0.15, -0.1) is 0 Å². The molecular weight excluding hydrogens is 218 g/mol. The Morgan fingerprint density at radius 3 is 2.65 bits per heavy atom. The van der Waals surface area contributed by atoms with E-state index >= 15 is 0 Å². The summed E-state index contributed by atoms with van der Waals surface area (Å²) in [5.41, 5.74) is 1.86. The summed E-state index contributed by atoms with van der Waals surface area (Å²) in [6.45, 7) is 5.56. The van der Waals surface area contributed by atoms with Gasteiger partial charge in [0.15, 0.2) is 0 Å². The predicted molar refractivity (Wildman–Crippen MR) is 67.1 cm³/mol. The van der Waals surface area contributed by atoms with Crippen molar-refractivity contribution in [3.8, 4) is 0 Å². The van der Waals surface area contributed by atoms with E-state index in [-0.39, 0.29) is 12.5 Å². The molecule has 0 aliphatic carbocycles. The Balaban J connectivity index is 2.23. The van der Waals surface area contributed by atoms with Gasteiger partial charge in [0, 0.05) is 12.3 Å². The standard InChI is InChI=1S/C13H19NO3/c1-3-16-8-9-17-10-13(15)14-12-7-5-4-6-11(12)2/h4-7H,3,8-10H2,1-2H3,(H,14,15). The number of amides is 1. The molecule has 1 amide bonds. The van der Waals surface area contributed by atoms with Crippen LogP contribution in [0.15, 0.2) is 24.3 Å². The largest absolute Gasteiger partial charge is 0.379 e. The van der Waals surface area contributed by atoms with Crippen molar-refractivity contribution in [3.63, 3.8) is 0 Å². The van der Waals surface area contributed by atoms with Crippen molar-refractivity contribution in [3.05, 3.63) is 29.8 Å². The quantitative estimate of drug-likeness (QED) is 0.738. The fraction of sp³-hybridized carbons (Fsp3) is 0.462. The van der Waals surface area contributed by atoms with Crippen molar-refractivity contribution in [2.45, 2.75) is 13.8 Å². The number of anilines is 1. The SMILES string of the molecule is CCOCCOCC(=O)Nc1ccccc1C. The molecule has 4 nitrogen and oxygen atoms in total. The lowest BCUT2D eigenvalue weighted by molar-refractivity contribution is -0.121. The molecule has 1 aromatic carbocycles. The highest BCUT2D eigenvalue weighted by atomic mass is 16.5. The minimum absolute atomic E-state index is 0.0570. The summed E-state index contributed by atoms with van der Waals surface area (Å²) in [5, 5.41) is 2.80. The second kappa shape index (κ2) is 7.81. The molecule has 0 radical (unpaired) electrons. The zero-order valence-corrected chi connectivity index (χ0v) is 10.4. The highest BCUT2D eigenvalue weighted by molar-refractivity contribution is 5.92. The zero-order valence-electron chi connectivity index (χ0n) is 10.4.